The molecule has 0 bridgehead atoms. The number of anilines is 1. The summed E-state index contributed by atoms with van der Waals surface area (Å²) in [5.74, 6) is -0.154. The SMILES string of the molecule is O=C(O)c1ccc2nc(CN3CCN(c4cccc(OCc5ccc(C(F)F)cc5F)n4)C=N3)n(C[C@@H]3CCO3)c2c1. The molecule has 2 aromatic carbocycles. The summed E-state index contributed by atoms with van der Waals surface area (Å²) in [5, 5.41) is 15.9. The molecule has 0 spiro atoms. The van der Waals surface area contributed by atoms with Gasteiger partial charge in [0.2, 0.25) is 5.88 Å². The predicted octanol–water partition coefficient (Wildman–Crippen LogP) is 4.84. The first-order chi connectivity index (χ1) is 20.3. The third-order valence-electron chi connectivity index (χ3n) is 7.24. The standard InChI is InChI=1S/C29H27F3N6O4/c30-22-12-18(28(31)32)4-5-20(22)16-42-27-3-1-2-25(35-27)36-9-10-37(33-17-36)15-26-34-23-7-6-19(29(39)40)13-24(23)38(26)14-21-8-11-41-21/h1-7,12-13,17,21,28H,8-11,14-16H2,(H,39,40)/t21-/m0/s1. The number of aromatic carboxylic acids is 1. The molecule has 0 radical (unpaired) electrons. The summed E-state index contributed by atoms with van der Waals surface area (Å²) in [6.07, 6.45) is -0.0953. The predicted molar refractivity (Wildman–Crippen MR) is 147 cm³/mol. The molecule has 2 aromatic heterocycles. The maximum absolute atomic E-state index is 14.2. The summed E-state index contributed by atoms with van der Waals surface area (Å²) in [4.78, 5) is 22.6. The number of carboxylic acid groups (broad SMARTS) is 1. The van der Waals surface area contributed by atoms with E-state index in [0.29, 0.717) is 44.1 Å². The smallest absolute Gasteiger partial charge is 0.335 e. The molecule has 13 heteroatoms. The van der Waals surface area contributed by atoms with Crippen molar-refractivity contribution in [3.8, 4) is 5.88 Å². The number of hydrogen-bond acceptors (Lipinski definition) is 8. The number of ether oxygens (including phenoxy) is 2. The molecule has 0 aliphatic carbocycles. The molecule has 1 atom stereocenters. The van der Waals surface area contributed by atoms with Crippen molar-refractivity contribution in [3.05, 3.63) is 82.9 Å². The Morgan fingerprint density at radius 3 is 2.67 bits per heavy atom. The topological polar surface area (TPSA) is 105 Å². The first-order valence-electron chi connectivity index (χ1n) is 13.4. The van der Waals surface area contributed by atoms with Crippen LogP contribution >= 0.6 is 0 Å². The molecule has 42 heavy (non-hydrogen) atoms. The minimum Gasteiger partial charge on any atom is -0.478 e. The molecule has 0 saturated carbocycles. The Labute approximate surface area is 238 Å². The second kappa shape index (κ2) is 11.7. The molecule has 1 fully saturated rings. The Morgan fingerprint density at radius 1 is 1.12 bits per heavy atom. The van der Waals surface area contributed by atoms with Gasteiger partial charge in [0.25, 0.3) is 6.43 Å². The van der Waals surface area contributed by atoms with Gasteiger partial charge in [-0.15, -0.1) is 0 Å². The molecular weight excluding hydrogens is 553 g/mol. The van der Waals surface area contributed by atoms with Gasteiger partial charge in [-0.25, -0.2) is 22.9 Å². The van der Waals surface area contributed by atoms with E-state index in [-0.39, 0.29) is 35.3 Å². The second-order valence-corrected chi connectivity index (χ2v) is 10.0. The van der Waals surface area contributed by atoms with Crippen molar-refractivity contribution in [1.29, 1.82) is 0 Å². The number of hydrazone groups is 1. The number of aromatic nitrogens is 3. The van der Waals surface area contributed by atoms with Gasteiger partial charge in [0.1, 0.15) is 30.4 Å². The molecule has 4 aromatic rings. The molecule has 10 nitrogen and oxygen atoms in total. The van der Waals surface area contributed by atoms with Gasteiger partial charge in [-0.3, -0.25) is 5.01 Å². The van der Waals surface area contributed by atoms with Crippen LogP contribution in [0.25, 0.3) is 11.0 Å². The van der Waals surface area contributed by atoms with Gasteiger partial charge in [-0.1, -0.05) is 18.2 Å². The molecular formula is C29H27F3N6O4. The first-order valence-corrected chi connectivity index (χ1v) is 13.4. The highest BCUT2D eigenvalue weighted by Crippen LogP contribution is 2.25. The quantitative estimate of drug-likeness (QED) is 0.284. The maximum atomic E-state index is 14.2. The molecule has 218 valence electrons. The monoisotopic (exact) mass is 580 g/mol. The minimum absolute atomic E-state index is 0.0593. The van der Waals surface area contributed by atoms with E-state index >= 15 is 0 Å². The normalized spacial score (nSPS) is 16.7. The maximum Gasteiger partial charge on any atom is 0.335 e. The lowest BCUT2D eigenvalue weighted by Crippen LogP contribution is -2.38. The number of alkyl halides is 2. The number of carboxylic acids is 1. The van der Waals surface area contributed by atoms with Gasteiger partial charge in [-0.2, -0.15) is 10.1 Å². The summed E-state index contributed by atoms with van der Waals surface area (Å²) < 4.78 is 53.1. The number of pyridine rings is 1. The Bertz CT molecular complexity index is 1640. The lowest BCUT2D eigenvalue weighted by atomic mass is 10.1. The minimum atomic E-state index is -2.75. The van der Waals surface area contributed by atoms with Gasteiger partial charge in [-0.05, 0) is 36.8 Å². The fourth-order valence-corrected chi connectivity index (χ4v) is 4.81. The Kier molecular flexibility index (Phi) is 7.66. The lowest BCUT2D eigenvalue weighted by molar-refractivity contribution is -0.0592. The summed E-state index contributed by atoms with van der Waals surface area (Å²) >= 11 is 0. The van der Waals surface area contributed by atoms with Gasteiger partial charge < -0.3 is 24.0 Å². The largest absolute Gasteiger partial charge is 0.478 e. The van der Waals surface area contributed by atoms with Crippen LogP contribution in [0.4, 0.5) is 19.0 Å². The van der Waals surface area contributed by atoms with Crippen molar-refractivity contribution in [2.45, 2.75) is 38.6 Å². The highest BCUT2D eigenvalue weighted by Gasteiger charge is 2.24. The number of fused-ring (bicyclic) bond motifs is 1. The van der Waals surface area contributed by atoms with E-state index in [1.807, 2.05) is 14.5 Å². The van der Waals surface area contributed by atoms with Gasteiger partial charge in [0.05, 0.1) is 42.3 Å². The lowest BCUT2D eigenvalue weighted by Gasteiger charge is -2.30. The molecule has 2 aliphatic heterocycles. The highest BCUT2D eigenvalue weighted by atomic mass is 19.3. The van der Waals surface area contributed by atoms with E-state index in [1.165, 1.54) is 12.1 Å². The second-order valence-electron chi connectivity index (χ2n) is 10.0. The van der Waals surface area contributed by atoms with Crippen molar-refractivity contribution in [2.24, 2.45) is 5.10 Å². The van der Waals surface area contributed by atoms with Gasteiger partial charge >= 0.3 is 5.97 Å². The highest BCUT2D eigenvalue weighted by molar-refractivity contribution is 5.92. The molecule has 0 amide bonds. The van der Waals surface area contributed by atoms with E-state index in [0.717, 1.165) is 23.8 Å². The number of halogens is 3. The molecule has 4 heterocycles. The Balaban J connectivity index is 1.13. The van der Waals surface area contributed by atoms with Crippen LogP contribution in [-0.2, 0) is 24.4 Å². The van der Waals surface area contributed by atoms with Crippen molar-refractivity contribution in [3.63, 3.8) is 0 Å². The molecule has 6 rings (SSSR count). The fourth-order valence-electron chi connectivity index (χ4n) is 4.81. The van der Waals surface area contributed by atoms with Crippen molar-refractivity contribution >= 4 is 29.2 Å². The van der Waals surface area contributed by atoms with E-state index < -0.39 is 18.2 Å². The van der Waals surface area contributed by atoms with Crippen molar-refractivity contribution < 1.29 is 32.5 Å². The third-order valence-corrected chi connectivity index (χ3v) is 7.24. The van der Waals surface area contributed by atoms with Gasteiger partial charge in [0, 0.05) is 30.3 Å². The summed E-state index contributed by atoms with van der Waals surface area (Å²) in [6.45, 7) is 2.68. The molecule has 1 N–H and O–H groups in total. The summed E-state index contributed by atoms with van der Waals surface area (Å²) in [5.41, 5.74) is 1.42. The van der Waals surface area contributed by atoms with Crippen LogP contribution in [0.2, 0.25) is 0 Å². The molecule has 0 unspecified atom stereocenters. The molecule has 1 saturated heterocycles. The number of benzene rings is 2. The molecule has 2 aliphatic rings. The number of imidazole rings is 1. The third kappa shape index (κ3) is 5.86. The van der Waals surface area contributed by atoms with Crippen LogP contribution in [0.15, 0.2) is 59.7 Å². The van der Waals surface area contributed by atoms with E-state index in [4.69, 9.17) is 14.5 Å². The van der Waals surface area contributed by atoms with Crippen LogP contribution < -0.4 is 9.64 Å². The summed E-state index contributed by atoms with van der Waals surface area (Å²) in [7, 11) is 0. The Morgan fingerprint density at radius 2 is 1.98 bits per heavy atom. The number of carbonyl (C=O) groups is 1. The van der Waals surface area contributed by atoms with E-state index in [9.17, 15) is 23.1 Å². The van der Waals surface area contributed by atoms with Crippen LogP contribution in [0.3, 0.4) is 0 Å². The Hall–Kier alpha value is -4.65. The number of hydrogen-bond donors (Lipinski definition) is 1. The zero-order valence-corrected chi connectivity index (χ0v) is 22.4. The van der Waals surface area contributed by atoms with Crippen molar-refractivity contribution in [1.82, 2.24) is 19.5 Å². The van der Waals surface area contributed by atoms with Gasteiger partial charge in [0.15, 0.2) is 0 Å². The van der Waals surface area contributed by atoms with Crippen molar-refractivity contribution in [2.75, 3.05) is 24.6 Å². The number of nitrogens with zero attached hydrogens (tertiary/aromatic N) is 6. The fraction of sp³-hybridized carbons (Fsp3) is 0.310. The summed E-state index contributed by atoms with van der Waals surface area (Å²) in [6, 6.07) is 13.4. The zero-order chi connectivity index (χ0) is 29.2. The first kappa shape index (κ1) is 27.5. The average molecular weight is 581 g/mol. The van der Waals surface area contributed by atoms with Crippen LogP contribution in [0, 0.1) is 5.82 Å². The van der Waals surface area contributed by atoms with E-state index in [1.54, 1.807) is 42.7 Å². The van der Waals surface area contributed by atoms with Crippen LogP contribution in [0.1, 0.15) is 40.2 Å². The average Bonchev–Trinajstić information content (AvgIpc) is 3.30. The zero-order valence-electron chi connectivity index (χ0n) is 22.4. The van der Waals surface area contributed by atoms with E-state index in [2.05, 4.69) is 10.1 Å². The van der Waals surface area contributed by atoms with Crippen LogP contribution in [0.5, 0.6) is 5.88 Å². The number of rotatable bonds is 10. The van der Waals surface area contributed by atoms with Crippen LogP contribution in [-0.4, -0.2) is 62.8 Å².